The molecule has 0 aliphatic heterocycles. The molecule has 2 fully saturated rings. The average Bonchev–Trinajstić information content (AvgIpc) is 2.60. The molecule has 0 spiro atoms. The van der Waals surface area contributed by atoms with E-state index < -0.39 is 0 Å². The SMILES string of the molecule is CCC(C)C1CCC2CCCCC21. The van der Waals surface area contributed by atoms with Crippen molar-refractivity contribution in [3.63, 3.8) is 0 Å². The Morgan fingerprint density at radius 1 is 1.08 bits per heavy atom. The summed E-state index contributed by atoms with van der Waals surface area (Å²) in [4.78, 5) is 0. The summed E-state index contributed by atoms with van der Waals surface area (Å²) < 4.78 is 0. The van der Waals surface area contributed by atoms with Gasteiger partial charge >= 0.3 is 0 Å². The van der Waals surface area contributed by atoms with Crippen molar-refractivity contribution in [1.29, 1.82) is 0 Å². The van der Waals surface area contributed by atoms with Gasteiger partial charge in [0.2, 0.25) is 0 Å². The molecule has 76 valence electrons. The first-order chi connectivity index (χ1) is 6.33. The Morgan fingerprint density at radius 3 is 2.62 bits per heavy atom. The van der Waals surface area contributed by atoms with Crippen molar-refractivity contribution >= 4 is 0 Å². The van der Waals surface area contributed by atoms with E-state index in [1.54, 1.807) is 25.7 Å². The summed E-state index contributed by atoms with van der Waals surface area (Å²) in [5.41, 5.74) is 0. The van der Waals surface area contributed by atoms with Gasteiger partial charge in [0, 0.05) is 0 Å². The normalized spacial score (nSPS) is 41.5. The molecule has 0 nitrogen and oxygen atoms in total. The van der Waals surface area contributed by atoms with Gasteiger partial charge in [-0.25, -0.2) is 0 Å². The Morgan fingerprint density at radius 2 is 1.85 bits per heavy atom. The maximum atomic E-state index is 2.47. The molecule has 2 aliphatic rings. The number of hydrogen-bond acceptors (Lipinski definition) is 0. The van der Waals surface area contributed by atoms with Crippen LogP contribution in [0.3, 0.4) is 0 Å². The van der Waals surface area contributed by atoms with E-state index in [-0.39, 0.29) is 0 Å². The highest BCUT2D eigenvalue weighted by atomic mass is 14.4. The Bertz CT molecular complexity index is 161. The molecule has 0 N–H and O–H groups in total. The first kappa shape index (κ1) is 9.55. The van der Waals surface area contributed by atoms with Crippen LogP contribution in [0.2, 0.25) is 0 Å². The van der Waals surface area contributed by atoms with Crippen molar-refractivity contribution in [3.05, 3.63) is 0 Å². The van der Waals surface area contributed by atoms with Crippen LogP contribution in [-0.4, -0.2) is 0 Å². The van der Waals surface area contributed by atoms with E-state index in [2.05, 4.69) is 13.8 Å². The van der Waals surface area contributed by atoms with Crippen LogP contribution in [0.15, 0.2) is 0 Å². The van der Waals surface area contributed by atoms with Crippen LogP contribution in [0, 0.1) is 23.7 Å². The van der Waals surface area contributed by atoms with Crippen LogP contribution < -0.4 is 0 Å². The smallest absolute Gasteiger partial charge is 0.0355 e. The van der Waals surface area contributed by atoms with E-state index in [9.17, 15) is 0 Å². The second kappa shape index (κ2) is 4.02. The van der Waals surface area contributed by atoms with Crippen LogP contribution >= 0.6 is 0 Å². The fourth-order valence-corrected chi connectivity index (χ4v) is 3.79. The van der Waals surface area contributed by atoms with Gasteiger partial charge in [-0.3, -0.25) is 0 Å². The van der Waals surface area contributed by atoms with E-state index >= 15 is 0 Å². The second-order valence-electron chi connectivity index (χ2n) is 5.34. The summed E-state index contributed by atoms with van der Waals surface area (Å²) in [6.45, 7) is 4.84. The summed E-state index contributed by atoms with van der Waals surface area (Å²) in [6, 6.07) is 0. The van der Waals surface area contributed by atoms with Gasteiger partial charge in [-0.05, 0) is 42.9 Å². The average molecular weight is 180 g/mol. The molecule has 0 heteroatoms. The first-order valence-corrected chi connectivity index (χ1v) is 6.33. The fourth-order valence-electron chi connectivity index (χ4n) is 3.79. The molecule has 0 aromatic heterocycles. The van der Waals surface area contributed by atoms with E-state index in [0.717, 1.165) is 23.7 Å². The Labute approximate surface area is 83.1 Å². The number of fused-ring (bicyclic) bond motifs is 1. The van der Waals surface area contributed by atoms with Crippen molar-refractivity contribution < 1.29 is 0 Å². The van der Waals surface area contributed by atoms with Crippen molar-refractivity contribution in [1.82, 2.24) is 0 Å². The molecule has 0 radical (unpaired) electrons. The highest BCUT2D eigenvalue weighted by Gasteiger charge is 2.38. The zero-order chi connectivity index (χ0) is 9.26. The molecule has 0 aromatic rings. The van der Waals surface area contributed by atoms with Gasteiger partial charge in [0.15, 0.2) is 0 Å². The third kappa shape index (κ3) is 1.78. The minimum absolute atomic E-state index is 0.994. The summed E-state index contributed by atoms with van der Waals surface area (Å²) in [7, 11) is 0. The quantitative estimate of drug-likeness (QED) is 0.596. The van der Waals surface area contributed by atoms with Gasteiger partial charge in [0.05, 0.1) is 0 Å². The fraction of sp³-hybridized carbons (Fsp3) is 1.00. The van der Waals surface area contributed by atoms with E-state index in [1.165, 1.54) is 19.3 Å². The molecule has 2 aliphatic carbocycles. The molecule has 0 saturated heterocycles. The highest BCUT2D eigenvalue weighted by Crippen LogP contribution is 2.48. The molecular formula is C13H24. The van der Waals surface area contributed by atoms with Gasteiger partial charge < -0.3 is 0 Å². The standard InChI is InChI=1S/C13H24/c1-3-10(2)12-9-8-11-6-4-5-7-13(11)12/h10-13H,3-9H2,1-2H3. The highest BCUT2D eigenvalue weighted by molar-refractivity contribution is 4.89. The molecule has 2 saturated carbocycles. The van der Waals surface area contributed by atoms with E-state index in [4.69, 9.17) is 0 Å². The van der Waals surface area contributed by atoms with E-state index in [1.807, 2.05) is 0 Å². The van der Waals surface area contributed by atoms with Crippen LogP contribution in [0.5, 0.6) is 0 Å². The molecule has 0 amide bonds. The lowest BCUT2D eigenvalue weighted by Gasteiger charge is -2.32. The second-order valence-corrected chi connectivity index (χ2v) is 5.34. The zero-order valence-electron chi connectivity index (χ0n) is 9.26. The molecular weight excluding hydrogens is 156 g/mol. The minimum Gasteiger partial charge on any atom is -0.0651 e. The van der Waals surface area contributed by atoms with E-state index in [0.29, 0.717) is 0 Å². The molecule has 2 rings (SSSR count). The topological polar surface area (TPSA) is 0 Å². The van der Waals surface area contributed by atoms with Crippen molar-refractivity contribution in [2.24, 2.45) is 23.7 Å². The Kier molecular flexibility index (Phi) is 2.96. The van der Waals surface area contributed by atoms with Crippen molar-refractivity contribution in [2.75, 3.05) is 0 Å². The number of rotatable bonds is 2. The Balaban J connectivity index is 1.98. The summed E-state index contributed by atoms with van der Waals surface area (Å²) in [5.74, 6) is 4.35. The molecule has 4 unspecified atom stereocenters. The lowest BCUT2D eigenvalue weighted by molar-refractivity contribution is 0.183. The van der Waals surface area contributed by atoms with Crippen molar-refractivity contribution in [3.8, 4) is 0 Å². The zero-order valence-corrected chi connectivity index (χ0v) is 9.26. The van der Waals surface area contributed by atoms with Gasteiger partial charge in [-0.15, -0.1) is 0 Å². The maximum absolute atomic E-state index is 2.47. The lowest BCUT2D eigenvalue weighted by atomic mass is 9.74. The predicted molar refractivity (Wildman–Crippen MR) is 57.6 cm³/mol. The maximum Gasteiger partial charge on any atom is -0.0355 e. The van der Waals surface area contributed by atoms with Crippen molar-refractivity contribution in [2.45, 2.75) is 58.8 Å². The lowest BCUT2D eigenvalue weighted by Crippen LogP contribution is -2.23. The largest absolute Gasteiger partial charge is 0.0651 e. The molecule has 0 bridgehead atoms. The van der Waals surface area contributed by atoms with Gasteiger partial charge in [-0.2, -0.15) is 0 Å². The first-order valence-electron chi connectivity index (χ1n) is 6.33. The third-order valence-corrected chi connectivity index (χ3v) is 4.76. The predicted octanol–water partition coefficient (Wildman–Crippen LogP) is 4.25. The van der Waals surface area contributed by atoms with Crippen LogP contribution in [-0.2, 0) is 0 Å². The van der Waals surface area contributed by atoms with Gasteiger partial charge in [0.1, 0.15) is 0 Å². The summed E-state index contributed by atoms with van der Waals surface area (Å²) >= 11 is 0. The summed E-state index contributed by atoms with van der Waals surface area (Å²) in [6.07, 6.45) is 10.7. The van der Waals surface area contributed by atoms with Crippen LogP contribution in [0.4, 0.5) is 0 Å². The molecule has 13 heavy (non-hydrogen) atoms. The third-order valence-electron chi connectivity index (χ3n) is 4.76. The van der Waals surface area contributed by atoms with Crippen LogP contribution in [0.1, 0.15) is 58.8 Å². The molecule has 4 atom stereocenters. The van der Waals surface area contributed by atoms with Gasteiger partial charge in [-0.1, -0.05) is 39.5 Å². The monoisotopic (exact) mass is 180 g/mol. The minimum atomic E-state index is 0.994. The van der Waals surface area contributed by atoms with Gasteiger partial charge in [0.25, 0.3) is 0 Å². The number of hydrogen-bond donors (Lipinski definition) is 0. The Hall–Kier alpha value is 0. The molecule has 0 aromatic carbocycles. The molecule has 0 heterocycles. The van der Waals surface area contributed by atoms with Crippen LogP contribution in [0.25, 0.3) is 0 Å². The summed E-state index contributed by atoms with van der Waals surface area (Å²) in [5, 5.41) is 0.